The van der Waals surface area contributed by atoms with E-state index in [4.69, 9.17) is 0 Å². The van der Waals surface area contributed by atoms with E-state index in [-0.39, 0.29) is 0 Å². The van der Waals surface area contributed by atoms with Crippen molar-refractivity contribution in [3.05, 3.63) is 35.4 Å². The summed E-state index contributed by atoms with van der Waals surface area (Å²) in [4.78, 5) is 0. The number of halogens is 2. The number of hydrogen-bond donors (Lipinski definition) is 2. The van der Waals surface area contributed by atoms with Crippen molar-refractivity contribution in [1.82, 2.24) is 10.6 Å². The molecular formula is C16H24F2N2. The molecule has 0 aromatic heterocycles. The third-order valence-electron chi connectivity index (χ3n) is 3.88. The van der Waals surface area contributed by atoms with Crippen LogP contribution in [0.5, 0.6) is 0 Å². The van der Waals surface area contributed by atoms with Crippen LogP contribution in [0.15, 0.2) is 18.2 Å². The summed E-state index contributed by atoms with van der Waals surface area (Å²) in [5.74, 6) is -1.00. The second-order valence-electron chi connectivity index (χ2n) is 5.77. The van der Waals surface area contributed by atoms with E-state index in [1.54, 1.807) is 0 Å². The monoisotopic (exact) mass is 282 g/mol. The van der Waals surface area contributed by atoms with E-state index < -0.39 is 11.6 Å². The second kappa shape index (κ2) is 7.70. The van der Waals surface area contributed by atoms with Gasteiger partial charge in [-0.15, -0.1) is 0 Å². The van der Waals surface area contributed by atoms with E-state index in [0.29, 0.717) is 24.1 Å². The van der Waals surface area contributed by atoms with Crippen molar-refractivity contribution in [1.29, 1.82) is 0 Å². The first-order valence-electron chi connectivity index (χ1n) is 7.55. The van der Waals surface area contributed by atoms with Gasteiger partial charge in [0.05, 0.1) is 0 Å². The first-order chi connectivity index (χ1) is 9.63. The van der Waals surface area contributed by atoms with E-state index in [1.165, 1.54) is 31.4 Å². The van der Waals surface area contributed by atoms with Crippen LogP contribution in [0.3, 0.4) is 0 Å². The minimum Gasteiger partial charge on any atom is -0.314 e. The molecule has 2 unspecified atom stereocenters. The first kappa shape index (κ1) is 15.4. The minimum atomic E-state index is -0.501. The molecule has 4 heteroatoms. The lowest BCUT2D eigenvalue weighted by Crippen LogP contribution is -2.40. The molecule has 0 bridgehead atoms. The van der Waals surface area contributed by atoms with E-state index in [2.05, 4.69) is 17.6 Å². The average Bonchev–Trinajstić information content (AvgIpc) is 2.38. The van der Waals surface area contributed by atoms with Gasteiger partial charge in [0.15, 0.2) is 0 Å². The van der Waals surface area contributed by atoms with Gasteiger partial charge in [-0.2, -0.15) is 0 Å². The van der Waals surface area contributed by atoms with Gasteiger partial charge in [-0.05, 0) is 63.4 Å². The molecule has 1 saturated heterocycles. The third-order valence-corrected chi connectivity index (χ3v) is 3.88. The third kappa shape index (κ3) is 5.17. The van der Waals surface area contributed by atoms with Crippen LogP contribution in [-0.2, 0) is 6.42 Å². The van der Waals surface area contributed by atoms with Crippen LogP contribution >= 0.6 is 0 Å². The second-order valence-corrected chi connectivity index (χ2v) is 5.77. The molecule has 20 heavy (non-hydrogen) atoms. The van der Waals surface area contributed by atoms with Crippen molar-refractivity contribution in [3.63, 3.8) is 0 Å². The van der Waals surface area contributed by atoms with Crippen LogP contribution < -0.4 is 10.6 Å². The summed E-state index contributed by atoms with van der Waals surface area (Å²) in [5, 5.41) is 6.97. The summed E-state index contributed by atoms with van der Waals surface area (Å²) in [7, 11) is 0. The van der Waals surface area contributed by atoms with Crippen LogP contribution in [0.4, 0.5) is 8.78 Å². The Kier molecular flexibility index (Phi) is 5.92. The van der Waals surface area contributed by atoms with E-state index in [1.807, 2.05) is 0 Å². The highest BCUT2D eigenvalue weighted by molar-refractivity contribution is 5.18. The number of piperidine rings is 1. The van der Waals surface area contributed by atoms with Crippen molar-refractivity contribution < 1.29 is 8.78 Å². The summed E-state index contributed by atoms with van der Waals surface area (Å²) in [5.41, 5.74) is 0.706. The van der Waals surface area contributed by atoms with Crippen LogP contribution in [0.2, 0.25) is 0 Å². The lowest BCUT2D eigenvalue weighted by atomic mass is 9.99. The summed E-state index contributed by atoms with van der Waals surface area (Å²) in [6, 6.07) is 4.74. The quantitative estimate of drug-likeness (QED) is 0.838. The molecule has 2 nitrogen and oxygen atoms in total. The first-order valence-corrected chi connectivity index (χ1v) is 7.55. The van der Waals surface area contributed by atoms with Crippen molar-refractivity contribution >= 4 is 0 Å². The molecular weight excluding hydrogens is 258 g/mol. The van der Waals surface area contributed by atoms with E-state index in [9.17, 15) is 8.78 Å². The van der Waals surface area contributed by atoms with Gasteiger partial charge >= 0.3 is 0 Å². The Hall–Kier alpha value is -1.00. The zero-order valence-electron chi connectivity index (χ0n) is 12.1. The SMILES string of the molecule is CC(CC1CCCCN1)NCCc1cc(F)cc(F)c1. The normalized spacial score (nSPS) is 20.9. The van der Waals surface area contributed by atoms with Gasteiger partial charge in [0.2, 0.25) is 0 Å². The van der Waals surface area contributed by atoms with Gasteiger partial charge in [-0.1, -0.05) is 6.42 Å². The van der Waals surface area contributed by atoms with Gasteiger partial charge < -0.3 is 10.6 Å². The highest BCUT2D eigenvalue weighted by Gasteiger charge is 2.15. The Labute approximate surface area is 120 Å². The van der Waals surface area contributed by atoms with Crippen molar-refractivity contribution in [3.8, 4) is 0 Å². The molecule has 1 aliphatic rings. The molecule has 0 aliphatic carbocycles. The van der Waals surface area contributed by atoms with Crippen molar-refractivity contribution in [2.24, 2.45) is 0 Å². The van der Waals surface area contributed by atoms with Crippen molar-refractivity contribution in [2.45, 2.75) is 51.1 Å². The number of nitrogens with one attached hydrogen (secondary N) is 2. The standard InChI is InChI=1S/C16H24F2N2/c1-12(8-16-4-2-3-6-20-16)19-7-5-13-9-14(17)11-15(18)10-13/h9-12,16,19-20H,2-8H2,1H3. The number of hydrogen-bond acceptors (Lipinski definition) is 2. The molecule has 1 aromatic carbocycles. The molecule has 1 aliphatic heterocycles. The maximum Gasteiger partial charge on any atom is 0.126 e. The highest BCUT2D eigenvalue weighted by Crippen LogP contribution is 2.12. The molecule has 2 atom stereocenters. The summed E-state index contributed by atoms with van der Waals surface area (Å²) >= 11 is 0. The fourth-order valence-corrected chi connectivity index (χ4v) is 2.85. The zero-order valence-corrected chi connectivity index (χ0v) is 12.1. The number of rotatable bonds is 6. The lowest BCUT2D eigenvalue weighted by Gasteiger charge is -2.26. The van der Waals surface area contributed by atoms with Gasteiger partial charge in [0.1, 0.15) is 11.6 Å². The summed E-state index contributed by atoms with van der Waals surface area (Å²) < 4.78 is 26.1. The molecule has 2 rings (SSSR count). The molecule has 1 fully saturated rings. The largest absolute Gasteiger partial charge is 0.314 e. The highest BCUT2D eigenvalue weighted by atomic mass is 19.1. The van der Waals surface area contributed by atoms with Crippen LogP contribution in [0.25, 0.3) is 0 Å². The fourth-order valence-electron chi connectivity index (χ4n) is 2.85. The molecule has 1 aromatic rings. The van der Waals surface area contributed by atoms with E-state index >= 15 is 0 Å². The molecule has 0 saturated carbocycles. The number of benzene rings is 1. The average molecular weight is 282 g/mol. The molecule has 0 spiro atoms. The Morgan fingerprint density at radius 1 is 1.25 bits per heavy atom. The molecule has 0 amide bonds. The van der Waals surface area contributed by atoms with E-state index in [0.717, 1.165) is 25.6 Å². The van der Waals surface area contributed by atoms with Gasteiger partial charge in [0, 0.05) is 18.2 Å². The Morgan fingerprint density at radius 3 is 2.65 bits per heavy atom. The van der Waals surface area contributed by atoms with Crippen LogP contribution in [0.1, 0.15) is 38.2 Å². The Bertz CT molecular complexity index is 397. The molecule has 0 radical (unpaired) electrons. The summed E-state index contributed by atoms with van der Waals surface area (Å²) in [6.07, 6.45) is 5.60. The van der Waals surface area contributed by atoms with Gasteiger partial charge in [-0.3, -0.25) is 0 Å². The lowest BCUT2D eigenvalue weighted by molar-refractivity contribution is 0.346. The summed E-state index contributed by atoms with van der Waals surface area (Å²) in [6.45, 7) is 4.04. The van der Waals surface area contributed by atoms with Gasteiger partial charge in [0.25, 0.3) is 0 Å². The topological polar surface area (TPSA) is 24.1 Å². The maximum absolute atomic E-state index is 13.1. The predicted octanol–water partition coefficient (Wildman–Crippen LogP) is 3.02. The molecule has 112 valence electrons. The van der Waals surface area contributed by atoms with Crippen LogP contribution in [-0.4, -0.2) is 25.2 Å². The van der Waals surface area contributed by atoms with Gasteiger partial charge in [-0.25, -0.2) is 8.78 Å². The fraction of sp³-hybridized carbons (Fsp3) is 0.625. The minimum absolute atomic E-state index is 0.420. The van der Waals surface area contributed by atoms with Crippen LogP contribution in [0, 0.1) is 11.6 Å². The predicted molar refractivity (Wildman–Crippen MR) is 77.8 cm³/mol. The van der Waals surface area contributed by atoms with Crippen molar-refractivity contribution in [2.75, 3.05) is 13.1 Å². The maximum atomic E-state index is 13.1. The smallest absolute Gasteiger partial charge is 0.126 e. The molecule has 1 heterocycles. The Balaban J connectivity index is 1.69. The molecule has 2 N–H and O–H groups in total. The Morgan fingerprint density at radius 2 is 2.00 bits per heavy atom. The zero-order chi connectivity index (χ0) is 14.4.